The van der Waals surface area contributed by atoms with Crippen LogP contribution in [0, 0.1) is 17.6 Å². The number of hydrogen-bond donors (Lipinski definition) is 2. The molecule has 1 fully saturated rings. The predicted octanol–water partition coefficient (Wildman–Crippen LogP) is 3.52. The molecular formula is C27H24F2N4O4. The molecule has 1 amide bonds. The van der Waals surface area contributed by atoms with Crippen molar-refractivity contribution in [1.82, 2.24) is 20.0 Å². The fourth-order valence-corrected chi connectivity index (χ4v) is 4.83. The van der Waals surface area contributed by atoms with Gasteiger partial charge in [0, 0.05) is 35.0 Å². The van der Waals surface area contributed by atoms with Crippen molar-refractivity contribution in [3.63, 3.8) is 0 Å². The highest BCUT2D eigenvalue weighted by Gasteiger charge is 2.25. The molecule has 190 valence electrons. The topological polar surface area (TPSA) is 104 Å². The van der Waals surface area contributed by atoms with Crippen molar-refractivity contribution in [2.75, 3.05) is 0 Å². The van der Waals surface area contributed by atoms with E-state index in [0.717, 1.165) is 54.9 Å². The Bertz CT molecular complexity index is 1580. The van der Waals surface area contributed by atoms with Crippen molar-refractivity contribution in [3.05, 3.63) is 104 Å². The number of nitrogens with zero attached hydrogens (tertiary/aromatic N) is 2. The minimum atomic E-state index is -0.791. The van der Waals surface area contributed by atoms with Crippen molar-refractivity contribution in [2.45, 2.75) is 38.6 Å². The number of allylic oxidation sites excluding steroid dienone is 2. The second-order valence-electron chi connectivity index (χ2n) is 9.23. The SMILES string of the molecule is O=C(C1=CNN(C(=O)c2ccc(F)c(Cn3c(=O)[nH]c(=O)c4cc(F)ccc43)c2)C=C1)C1CCCCC1. The highest BCUT2D eigenvalue weighted by molar-refractivity contribution is 6.00. The largest absolute Gasteiger partial charge is 0.329 e. The summed E-state index contributed by atoms with van der Waals surface area (Å²) in [7, 11) is 0. The molecule has 1 aromatic heterocycles. The van der Waals surface area contributed by atoms with E-state index in [-0.39, 0.29) is 40.3 Å². The van der Waals surface area contributed by atoms with Gasteiger partial charge in [-0.3, -0.25) is 29.4 Å². The summed E-state index contributed by atoms with van der Waals surface area (Å²) in [6.45, 7) is -0.298. The third-order valence-corrected chi connectivity index (χ3v) is 6.82. The van der Waals surface area contributed by atoms with Crippen LogP contribution in [0.4, 0.5) is 8.78 Å². The number of hydrazine groups is 1. The maximum absolute atomic E-state index is 14.7. The average Bonchev–Trinajstić information content (AvgIpc) is 2.92. The summed E-state index contributed by atoms with van der Waals surface area (Å²) in [4.78, 5) is 52.5. The van der Waals surface area contributed by atoms with Crippen molar-refractivity contribution in [1.29, 1.82) is 0 Å². The first-order valence-corrected chi connectivity index (χ1v) is 12.0. The van der Waals surface area contributed by atoms with Gasteiger partial charge in [0.25, 0.3) is 11.5 Å². The fraction of sp³-hybridized carbons (Fsp3) is 0.259. The van der Waals surface area contributed by atoms with Crippen LogP contribution in [0.2, 0.25) is 0 Å². The van der Waals surface area contributed by atoms with Gasteiger partial charge in [0.15, 0.2) is 5.78 Å². The number of halogens is 2. The Labute approximate surface area is 209 Å². The van der Waals surface area contributed by atoms with Crippen LogP contribution in [0.5, 0.6) is 0 Å². The molecule has 1 saturated carbocycles. The molecule has 10 heteroatoms. The Morgan fingerprint density at radius 2 is 1.78 bits per heavy atom. The number of carbonyl (C=O) groups is 2. The average molecular weight is 507 g/mol. The number of amides is 1. The van der Waals surface area contributed by atoms with Crippen molar-refractivity contribution in [3.8, 4) is 0 Å². The molecule has 0 saturated heterocycles. The fourth-order valence-electron chi connectivity index (χ4n) is 4.83. The molecule has 2 N–H and O–H groups in total. The van der Waals surface area contributed by atoms with Gasteiger partial charge in [-0.1, -0.05) is 19.3 Å². The summed E-state index contributed by atoms with van der Waals surface area (Å²) in [6.07, 6.45) is 9.49. The van der Waals surface area contributed by atoms with E-state index in [1.54, 1.807) is 6.08 Å². The maximum Gasteiger partial charge on any atom is 0.329 e. The first-order chi connectivity index (χ1) is 17.8. The van der Waals surface area contributed by atoms with E-state index < -0.39 is 28.8 Å². The number of aromatic amines is 1. The third-order valence-electron chi connectivity index (χ3n) is 6.82. The molecule has 0 unspecified atom stereocenters. The Kier molecular flexibility index (Phi) is 6.56. The van der Waals surface area contributed by atoms with Crippen LogP contribution in [-0.2, 0) is 11.3 Å². The molecule has 0 spiro atoms. The monoisotopic (exact) mass is 506 g/mol. The van der Waals surface area contributed by atoms with E-state index in [0.29, 0.717) is 5.57 Å². The van der Waals surface area contributed by atoms with E-state index in [4.69, 9.17) is 0 Å². The highest BCUT2D eigenvalue weighted by Crippen LogP contribution is 2.27. The maximum atomic E-state index is 14.7. The first kappa shape index (κ1) is 24.4. The number of nitrogens with one attached hydrogen (secondary N) is 2. The molecule has 1 aliphatic heterocycles. The first-order valence-electron chi connectivity index (χ1n) is 12.0. The summed E-state index contributed by atoms with van der Waals surface area (Å²) < 4.78 is 29.5. The van der Waals surface area contributed by atoms with Gasteiger partial charge >= 0.3 is 5.69 Å². The number of Topliss-reactive ketones (excluding diaryl/α,β-unsaturated/α-hetero) is 1. The minimum absolute atomic E-state index is 0.00253. The second-order valence-corrected chi connectivity index (χ2v) is 9.23. The van der Waals surface area contributed by atoms with Crippen LogP contribution in [0.25, 0.3) is 10.9 Å². The molecule has 8 nitrogen and oxygen atoms in total. The molecule has 3 aromatic rings. The van der Waals surface area contributed by atoms with Crippen LogP contribution < -0.4 is 16.7 Å². The lowest BCUT2D eigenvalue weighted by Gasteiger charge is -2.25. The van der Waals surface area contributed by atoms with E-state index in [2.05, 4.69) is 10.4 Å². The van der Waals surface area contributed by atoms with E-state index in [9.17, 15) is 28.0 Å². The lowest BCUT2D eigenvalue weighted by molar-refractivity contribution is -0.119. The molecule has 0 atom stereocenters. The molecule has 2 aromatic carbocycles. The summed E-state index contributed by atoms with van der Waals surface area (Å²) in [5.74, 6) is -1.76. The van der Waals surface area contributed by atoms with Gasteiger partial charge in [0.05, 0.1) is 17.4 Å². The smallest absolute Gasteiger partial charge is 0.298 e. The zero-order valence-corrected chi connectivity index (χ0v) is 19.8. The van der Waals surface area contributed by atoms with Gasteiger partial charge in [-0.05, 0) is 55.3 Å². The molecule has 5 rings (SSSR count). The molecule has 0 radical (unpaired) electrons. The van der Waals surface area contributed by atoms with E-state index >= 15 is 0 Å². The highest BCUT2D eigenvalue weighted by atomic mass is 19.1. The lowest BCUT2D eigenvalue weighted by atomic mass is 9.84. The summed E-state index contributed by atoms with van der Waals surface area (Å²) in [5.41, 5.74) is 2.05. The standard InChI is InChI=1S/C27H24F2N4O4/c28-20-7-9-23-21(13-20)25(35)31-27(37)32(23)15-19-12-17(6-8-22(19)29)26(36)33-11-10-18(14-30-33)24(34)16-4-2-1-3-5-16/h6-14,16,30H,1-5,15H2,(H,31,35,37). The zero-order valence-electron chi connectivity index (χ0n) is 19.8. The quantitative estimate of drug-likeness (QED) is 0.551. The summed E-state index contributed by atoms with van der Waals surface area (Å²) >= 11 is 0. The third kappa shape index (κ3) is 4.87. The number of ketones is 1. The Morgan fingerprint density at radius 3 is 2.51 bits per heavy atom. The van der Waals surface area contributed by atoms with E-state index in [1.165, 1.54) is 35.6 Å². The van der Waals surface area contributed by atoms with Crippen molar-refractivity contribution in [2.24, 2.45) is 5.92 Å². The van der Waals surface area contributed by atoms with Crippen LogP contribution in [0.15, 0.2) is 70.0 Å². The Hall–Kier alpha value is -4.34. The number of carbonyl (C=O) groups excluding carboxylic acids is 2. The zero-order chi connectivity index (χ0) is 26.1. The van der Waals surface area contributed by atoms with Gasteiger partial charge in [-0.25, -0.2) is 18.6 Å². The molecule has 37 heavy (non-hydrogen) atoms. The lowest BCUT2D eigenvalue weighted by Crippen LogP contribution is -2.38. The van der Waals surface area contributed by atoms with Crippen molar-refractivity contribution < 1.29 is 18.4 Å². The van der Waals surface area contributed by atoms with Crippen LogP contribution in [0.3, 0.4) is 0 Å². The van der Waals surface area contributed by atoms with Crippen molar-refractivity contribution >= 4 is 22.6 Å². The van der Waals surface area contributed by atoms with Crippen LogP contribution >= 0.6 is 0 Å². The predicted molar refractivity (Wildman–Crippen MR) is 132 cm³/mol. The summed E-state index contributed by atoms with van der Waals surface area (Å²) in [5, 5.41) is 1.12. The molecular weight excluding hydrogens is 482 g/mol. The van der Waals surface area contributed by atoms with Gasteiger partial charge < -0.3 is 0 Å². The van der Waals surface area contributed by atoms with Gasteiger partial charge in [0.1, 0.15) is 11.6 Å². The summed E-state index contributed by atoms with van der Waals surface area (Å²) in [6, 6.07) is 7.11. The minimum Gasteiger partial charge on any atom is -0.298 e. The Balaban J connectivity index is 1.37. The molecule has 2 heterocycles. The van der Waals surface area contributed by atoms with Gasteiger partial charge in [-0.15, -0.1) is 0 Å². The Morgan fingerprint density at radius 1 is 1.00 bits per heavy atom. The number of H-pyrrole nitrogens is 1. The molecule has 2 aliphatic rings. The van der Waals surface area contributed by atoms with Gasteiger partial charge in [-0.2, -0.15) is 0 Å². The second kappa shape index (κ2) is 9.96. The van der Waals surface area contributed by atoms with Crippen LogP contribution in [-0.4, -0.2) is 26.3 Å². The number of aromatic nitrogens is 2. The number of fused-ring (bicyclic) bond motifs is 1. The van der Waals surface area contributed by atoms with Crippen LogP contribution in [0.1, 0.15) is 48.0 Å². The molecule has 0 bridgehead atoms. The number of benzene rings is 2. The number of rotatable bonds is 5. The van der Waals surface area contributed by atoms with Gasteiger partial charge in [0.2, 0.25) is 0 Å². The molecule has 1 aliphatic carbocycles. The van der Waals surface area contributed by atoms with E-state index in [1.807, 2.05) is 0 Å². The number of hydrogen-bond acceptors (Lipinski definition) is 5. The normalized spacial score (nSPS) is 15.9.